The largest absolute Gasteiger partial charge is 0.338 e. The zero-order chi connectivity index (χ0) is 16.9. The molecule has 0 aromatic heterocycles. The van der Waals surface area contributed by atoms with Gasteiger partial charge >= 0.3 is 6.03 Å². The highest BCUT2D eigenvalue weighted by molar-refractivity contribution is 7.99. The smallest absolute Gasteiger partial charge is 0.314 e. The average Bonchev–Trinajstić information content (AvgIpc) is 2.63. The van der Waals surface area contributed by atoms with E-state index < -0.39 is 0 Å². The van der Waals surface area contributed by atoms with Gasteiger partial charge in [0, 0.05) is 22.9 Å². The molecule has 0 radical (unpaired) electrons. The summed E-state index contributed by atoms with van der Waals surface area (Å²) in [5, 5.41) is 5.81. The highest BCUT2D eigenvalue weighted by Gasteiger charge is 1.99. The molecule has 0 bridgehead atoms. The monoisotopic (exact) mass is 360 g/mol. The fourth-order valence-corrected chi connectivity index (χ4v) is 3.77. The lowest BCUT2D eigenvalue weighted by atomic mass is 10.4. The maximum Gasteiger partial charge on any atom is 0.314 e. The minimum Gasteiger partial charge on any atom is -0.338 e. The normalized spacial score (nSPS) is 10.3. The first-order valence-electron chi connectivity index (χ1n) is 8.22. The summed E-state index contributed by atoms with van der Waals surface area (Å²) in [4.78, 5) is 14.2. The number of rotatable bonds is 10. The number of benzene rings is 2. The summed E-state index contributed by atoms with van der Waals surface area (Å²) in [7, 11) is 0. The molecule has 3 nitrogen and oxygen atoms in total. The molecule has 0 heterocycles. The highest BCUT2D eigenvalue weighted by Crippen LogP contribution is 2.18. The second kappa shape index (κ2) is 11.9. The minimum absolute atomic E-state index is 0.0653. The molecule has 0 aliphatic carbocycles. The molecule has 0 saturated carbocycles. The molecule has 0 aliphatic rings. The number of thioether (sulfide) groups is 2. The van der Waals surface area contributed by atoms with Crippen LogP contribution in [0.5, 0.6) is 0 Å². The first kappa shape index (κ1) is 18.7. The molecule has 128 valence electrons. The maximum absolute atomic E-state index is 11.7. The third-order valence-electron chi connectivity index (χ3n) is 3.24. The van der Waals surface area contributed by atoms with E-state index in [0.29, 0.717) is 13.1 Å². The van der Waals surface area contributed by atoms with Crippen LogP contribution < -0.4 is 10.6 Å². The van der Waals surface area contributed by atoms with Gasteiger partial charge in [-0.1, -0.05) is 36.4 Å². The Labute approximate surface area is 153 Å². The van der Waals surface area contributed by atoms with Crippen LogP contribution >= 0.6 is 23.5 Å². The summed E-state index contributed by atoms with van der Waals surface area (Å²) in [6.07, 6.45) is 1.94. The van der Waals surface area contributed by atoms with E-state index in [4.69, 9.17) is 0 Å². The molecule has 2 aromatic rings. The number of carbonyl (C=O) groups is 1. The van der Waals surface area contributed by atoms with E-state index in [-0.39, 0.29) is 6.03 Å². The van der Waals surface area contributed by atoms with E-state index in [1.54, 1.807) is 0 Å². The van der Waals surface area contributed by atoms with Gasteiger partial charge in [-0.15, -0.1) is 23.5 Å². The van der Waals surface area contributed by atoms with E-state index >= 15 is 0 Å². The first-order chi connectivity index (χ1) is 11.8. The van der Waals surface area contributed by atoms with Gasteiger partial charge in [0.1, 0.15) is 0 Å². The molecule has 5 heteroatoms. The zero-order valence-corrected chi connectivity index (χ0v) is 15.4. The molecular formula is C19H24N2OS2. The predicted molar refractivity (Wildman–Crippen MR) is 105 cm³/mol. The van der Waals surface area contributed by atoms with Gasteiger partial charge in [0.05, 0.1) is 0 Å². The lowest BCUT2D eigenvalue weighted by Gasteiger charge is -2.07. The number of carbonyl (C=O) groups excluding carboxylic acids is 1. The molecule has 24 heavy (non-hydrogen) atoms. The van der Waals surface area contributed by atoms with Crippen molar-refractivity contribution in [2.24, 2.45) is 0 Å². The minimum atomic E-state index is -0.0653. The van der Waals surface area contributed by atoms with Crippen LogP contribution in [-0.4, -0.2) is 30.6 Å². The second-order valence-corrected chi connectivity index (χ2v) is 7.55. The van der Waals surface area contributed by atoms with Crippen molar-refractivity contribution in [3.05, 3.63) is 60.7 Å². The molecule has 2 rings (SSSR count). The Morgan fingerprint density at radius 3 is 1.54 bits per heavy atom. The molecule has 0 saturated heterocycles. The zero-order valence-electron chi connectivity index (χ0n) is 13.7. The van der Waals surface area contributed by atoms with Crippen molar-refractivity contribution >= 4 is 29.6 Å². The molecule has 0 spiro atoms. The van der Waals surface area contributed by atoms with Gasteiger partial charge in [-0.3, -0.25) is 0 Å². The average molecular weight is 361 g/mol. The van der Waals surface area contributed by atoms with Gasteiger partial charge in [-0.2, -0.15) is 0 Å². The van der Waals surface area contributed by atoms with Crippen LogP contribution in [0.25, 0.3) is 0 Å². The molecule has 2 amide bonds. The van der Waals surface area contributed by atoms with E-state index in [9.17, 15) is 4.79 Å². The van der Waals surface area contributed by atoms with Crippen molar-refractivity contribution < 1.29 is 4.79 Å². The van der Waals surface area contributed by atoms with Crippen LogP contribution in [0, 0.1) is 0 Å². The summed E-state index contributed by atoms with van der Waals surface area (Å²) >= 11 is 3.64. The number of nitrogens with one attached hydrogen (secondary N) is 2. The van der Waals surface area contributed by atoms with E-state index in [1.165, 1.54) is 9.79 Å². The predicted octanol–water partition coefficient (Wildman–Crippen LogP) is 4.65. The quantitative estimate of drug-likeness (QED) is 0.479. The maximum atomic E-state index is 11.7. The molecule has 0 aliphatic heterocycles. The standard InChI is InChI=1S/C19H24N2OS2/c22-19(20-13-7-15-23-17-9-3-1-4-10-17)21-14-8-16-24-18-11-5-2-6-12-18/h1-6,9-12H,7-8,13-16H2,(H2,20,21,22). The van der Waals surface area contributed by atoms with Crippen molar-refractivity contribution in [2.75, 3.05) is 24.6 Å². The van der Waals surface area contributed by atoms with Gasteiger partial charge in [0.2, 0.25) is 0 Å². The van der Waals surface area contributed by atoms with Gasteiger partial charge in [0.15, 0.2) is 0 Å². The second-order valence-electron chi connectivity index (χ2n) is 5.21. The number of amides is 2. The molecule has 2 aromatic carbocycles. The number of urea groups is 1. The lowest BCUT2D eigenvalue weighted by molar-refractivity contribution is 0.241. The van der Waals surface area contributed by atoms with Gasteiger partial charge in [0.25, 0.3) is 0 Å². The fraction of sp³-hybridized carbons (Fsp3) is 0.316. The first-order valence-corrected chi connectivity index (χ1v) is 10.2. The number of hydrogen-bond donors (Lipinski definition) is 2. The van der Waals surface area contributed by atoms with Crippen LogP contribution in [0.2, 0.25) is 0 Å². The van der Waals surface area contributed by atoms with Crippen molar-refractivity contribution in [3.8, 4) is 0 Å². The Bertz CT molecular complexity index is 527. The van der Waals surface area contributed by atoms with Crippen LogP contribution in [0.4, 0.5) is 4.79 Å². The molecule has 0 fully saturated rings. The van der Waals surface area contributed by atoms with Gasteiger partial charge < -0.3 is 10.6 Å². The van der Waals surface area contributed by atoms with Crippen LogP contribution in [-0.2, 0) is 0 Å². The summed E-state index contributed by atoms with van der Waals surface area (Å²) < 4.78 is 0. The summed E-state index contributed by atoms with van der Waals surface area (Å²) in [6.45, 7) is 1.43. The van der Waals surface area contributed by atoms with E-state index in [0.717, 1.165) is 24.3 Å². The topological polar surface area (TPSA) is 41.1 Å². The summed E-state index contributed by atoms with van der Waals surface area (Å²) in [6, 6.07) is 20.6. The SMILES string of the molecule is O=C(NCCCSc1ccccc1)NCCCSc1ccccc1. The lowest BCUT2D eigenvalue weighted by Crippen LogP contribution is -2.36. The highest BCUT2D eigenvalue weighted by atomic mass is 32.2. The third kappa shape index (κ3) is 8.31. The van der Waals surface area contributed by atoms with Gasteiger partial charge in [-0.25, -0.2) is 4.79 Å². The Hall–Kier alpha value is -1.59. The Kier molecular flexibility index (Phi) is 9.27. The Balaban J connectivity index is 1.42. The molecule has 0 atom stereocenters. The van der Waals surface area contributed by atoms with Crippen LogP contribution in [0.15, 0.2) is 70.5 Å². The molecular weight excluding hydrogens is 336 g/mol. The summed E-state index contributed by atoms with van der Waals surface area (Å²) in [5.74, 6) is 2.02. The van der Waals surface area contributed by atoms with Crippen LogP contribution in [0.1, 0.15) is 12.8 Å². The molecule has 0 unspecified atom stereocenters. The van der Waals surface area contributed by atoms with Crippen LogP contribution in [0.3, 0.4) is 0 Å². The summed E-state index contributed by atoms with van der Waals surface area (Å²) in [5.41, 5.74) is 0. The Morgan fingerprint density at radius 1 is 0.708 bits per heavy atom. The molecule has 2 N–H and O–H groups in total. The number of hydrogen-bond acceptors (Lipinski definition) is 3. The van der Waals surface area contributed by atoms with Crippen molar-refractivity contribution in [2.45, 2.75) is 22.6 Å². The van der Waals surface area contributed by atoms with E-state index in [1.807, 2.05) is 59.9 Å². The van der Waals surface area contributed by atoms with E-state index in [2.05, 4.69) is 34.9 Å². The Morgan fingerprint density at radius 2 is 1.12 bits per heavy atom. The van der Waals surface area contributed by atoms with Gasteiger partial charge in [-0.05, 0) is 48.6 Å². The third-order valence-corrected chi connectivity index (χ3v) is 5.43. The van der Waals surface area contributed by atoms with Crippen molar-refractivity contribution in [1.29, 1.82) is 0 Å². The fourth-order valence-electron chi connectivity index (χ4n) is 2.02. The van der Waals surface area contributed by atoms with Crippen molar-refractivity contribution in [3.63, 3.8) is 0 Å². The van der Waals surface area contributed by atoms with Crippen molar-refractivity contribution in [1.82, 2.24) is 10.6 Å².